The van der Waals surface area contributed by atoms with Crippen molar-refractivity contribution in [2.45, 2.75) is 24.7 Å². The number of anilines is 3. The van der Waals surface area contributed by atoms with Gasteiger partial charge in [0.2, 0.25) is 0 Å². The van der Waals surface area contributed by atoms with Gasteiger partial charge in [0.1, 0.15) is 5.58 Å². The van der Waals surface area contributed by atoms with Crippen LogP contribution in [0.2, 0.25) is 0 Å². The molecule has 1 aromatic heterocycles. The van der Waals surface area contributed by atoms with E-state index in [-0.39, 0.29) is 5.41 Å². The van der Waals surface area contributed by atoms with E-state index in [9.17, 15) is 0 Å². The van der Waals surface area contributed by atoms with E-state index >= 15 is 0 Å². The van der Waals surface area contributed by atoms with Crippen LogP contribution in [0.1, 0.15) is 47.2 Å². The van der Waals surface area contributed by atoms with Gasteiger partial charge in [-0.15, -0.1) is 0 Å². The molecule has 0 amide bonds. The average molecular weight is 718 g/mol. The zero-order valence-electron chi connectivity index (χ0n) is 31.4. The van der Waals surface area contributed by atoms with Crippen LogP contribution in [0, 0.1) is 0 Å². The number of nitrogens with zero attached hydrogens (tertiary/aromatic N) is 1. The lowest BCUT2D eigenvalue weighted by atomic mass is 9.67. The molecular weight excluding hydrogens is 679 g/mol. The summed E-state index contributed by atoms with van der Waals surface area (Å²) in [5.41, 5.74) is 18.9. The predicted octanol–water partition coefficient (Wildman–Crippen LogP) is 14.2. The Hall–Kier alpha value is -6.90. The summed E-state index contributed by atoms with van der Waals surface area (Å²) >= 11 is 0. The fraction of sp³-hybridized carbons (Fsp3) is 0.0741. The number of hydrogen-bond donors (Lipinski definition) is 0. The maximum atomic E-state index is 5.96. The number of fused-ring (bicyclic) bond motifs is 7. The standard InChI is InChI=1S/C54H39NO/c1-53(2)48-22-12-9-19-42(48)44-31-29-40(33-50(44)53)55(39-27-25-36(26-28-39)47-35-56-52-24-14-11-21-46(47)52)41-30-32-45-43-20-10-13-23-49(43)54(51(45)34-41,37-15-5-3-6-16-37)38-17-7-4-8-18-38/h3-35H,1-2H3. The summed E-state index contributed by atoms with van der Waals surface area (Å²) in [7, 11) is 0. The van der Waals surface area contributed by atoms with Crippen LogP contribution in [0.25, 0.3) is 44.3 Å². The fourth-order valence-electron chi connectivity index (χ4n) is 9.84. The van der Waals surface area contributed by atoms with Gasteiger partial charge in [0.15, 0.2) is 0 Å². The highest BCUT2D eigenvalue weighted by atomic mass is 16.3. The number of furan rings is 1. The first-order valence-corrected chi connectivity index (χ1v) is 19.5. The predicted molar refractivity (Wildman–Crippen MR) is 231 cm³/mol. The molecule has 11 rings (SSSR count). The molecule has 2 aliphatic rings. The van der Waals surface area contributed by atoms with Crippen LogP contribution in [-0.4, -0.2) is 0 Å². The van der Waals surface area contributed by atoms with Crippen molar-refractivity contribution < 1.29 is 4.42 Å². The third-order valence-corrected chi connectivity index (χ3v) is 12.4. The van der Waals surface area contributed by atoms with E-state index in [4.69, 9.17) is 4.42 Å². The Bertz CT molecular complexity index is 2900. The van der Waals surface area contributed by atoms with Crippen molar-refractivity contribution >= 4 is 28.0 Å². The van der Waals surface area contributed by atoms with E-state index in [1.807, 2.05) is 18.4 Å². The second kappa shape index (κ2) is 12.3. The number of benzene rings is 8. The van der Waals surface area contributed by atoms with Gasteiger partial charge in [-0.1, -0.05) is 166 Å². The average Bonchev–Trinajstić information content (AvgIpc) is 3.89. The van der Waals surface area contributed by atoms with Crippen LogP contribution < -0.4 is 4.90 Å². The molecule has 8 aromatic carbocycles. The van der Waals surface area contributed by atoms with Crippen LogP contribution in [0.4, 0.5) is 17.1 Å². The summed E-state index contributed by atoms with van der Waals surface area (Å²) in [6.07, 6.45) is 1.88. The van der Waals surface area contributed by atoms with E-state index in [0.29, 0.717) is 0 Å². The molecule has 0 N–H and O–H groups in total. The van der Waals surface area contributed by atoms with E-state index in [2.05, 4.69) is 201 Å². The molecule has 56 heavy (non-hydrogen) atoms. The third kappa shape index (κ3) is 4.63. The number of para-hydroxylation sites is 1. The topological polar surface area (TPSA) is 16.4 Å². The molecule has 266 valence electrons. The first-order valence-electron chi connectivity index (χ1n) is 19.5. The normalized spacial score (nSPS) is 14.2. The largest absolute Gasteiger partial charge is 0.464 e. The smallest absolute Gasteiger partial charge is 0.134 e. The summed E-state index contributed by atoms with van der Waals surface area (Å²) in [5, 5.41) is 1.12. The molecule has 0 unspecified atom stereocenters. The van der Waals surface area contributed by atoms with E-state index < -0.39 is 5.41 Å². The highest BCUT2D eigenvalue weighted by Crippen LogP contribution is 2.58. The summed E-state index contributed by atoms with van der Waals surface area (Å²) in [4.78, 5) is 2.45. The molecule has 1 heterocycles. The second-order valence-corrected chi connectivity index (χ2v) is 15.7. The van der Waals surface area contributed by atoms with E-state index in [1.54, 1.807) is 0 Å². The second-order valence-electron chi connectivity index (χ2n) is 15.7. The SMILES string of the molecule is CC1(C)c2ccccc2-c2ccc(N(c3ccc(-c4coc5ccccc45)cc3)c3ccc4c(c3)C(c3ccccc3)(c3ccccc3)c3ccccc3-4)cc21. The maximum absolute atomic E-state index is 5.96. The summed E-state index contributed by atoms with van der Waals surface area (Å²) in [6, 6.07) is 71.4. The summed E-state index contributed by atoms with van der Waals surface area (Å²) < 4.78 is 5.96. The number of rotatable bonds is 6. The highest BCUT2D eigenvalue weighted by Gasteiger charge is 2.46. The van der Waals surface area contributed by atoms with Crippen molar-refractivity contribution in [2.75, 3.05) is 4.90 Å². The van der Waals surface area contributed by atoms with E-state index in [0.717, 1.165) is 39.2 Å². The monoisotopic (exact) mass is 717 g/mol. The van der Waals surface area contributed by atoms with Crippen LogP contribution in [0.5, 0.6) is 0 Å². The van der Waals surface area contributed by atoms with Crippen LogP contribution in [-0.2, 0) is 10.8 Å². The fourth-order valence-corrected chi connectivity index (χ4v) is 9.84. The summed E-state index contributed by atoms with van der Waals surface area (Å²) in [6.45, 7) is 4.72. The zero-order valence-corrected chi connectivity index (χ0v) is 31.4. The molecular formula is C54H39NO. The Labute approximate surface area is 328 Å². The Kier molecular flexibility index (Phi) is 7.15. The molecule has 2 aliphatic carbocycles. The van der Waals surface area contributed by atoms with Gasteiger partial charge in [-0.25, -0.2) is 0 Å². The van der Waals surface area contributed by atoms with Crippen molar-refractivity contribution in [3.8, 4) is 33.4 Å². The Morgan fingerprint density at radius 3 is 1.57 bits per heavy atom. The van der Waals surface area contributed by atoms with Gasteiger partial charge in [0.25, 0.3) is 0 Å². The first kappa shape index (κ1) is 32.5. The molecule has 0 saturated heterocycles. The molecule has 0 bridgehead atoms. The van der Waals surface area contributed by atoms with Crippen molar-refractivity contribution in [3.05, 3.63) is 234 Å². The summed E-state index contributed by atoms with van der Waals surface area (Å²) in [5.74, 6) is 0. The van der Waals surface area contributed by atoms with Crippen molar-refractivity contribution in [2.24, 2.45) is 0 Å². The molecule has 9 aromatic rings. The molecule has 0 atom stereocenters. The first-order chi connectivity index (χ1) is 27.5. The Morgan fingerprint density at radius 1 is 0.393 bits per heavy atom. The Morgan fingerprint density at radius 2 is 0.893 bits per heavy atom. The van der Waals surface area contributed by atoms with Crippen molar-refractivity contribution in [1.29, 1.82) is 0 Å². The molecule has 0 aliphatic heterocycles. The highest BCUT2D eigenvalue weighted by molar-refractivity contribution is 5.95. The van der Waals surface area contributed by atoms with Crippen LogP contribution in [0.3, 0.4) is 0 Å². The molecule has 0 spiro atoms. The lowest BCUT2D eigenvalue weighted by Gasteiger charge is -2.35. The van der Waals surface area contributed by atoms with E-state index in [1.165, 1.54) is 55.6 Å². The van der Waals surface area contributed by atoms with Gasteiger partial charge < -0.3 is 9.32 Å². The molecule has 0 fully saturated rings. The van der Waals surface area contributed by atoms with Crippen molar-refractivity contribution in [1.82, 2.24) is 0 Å². The minimum absolute atomic E-state index is 0.130. The molecule has 2 nitrogen and oxygen atoms in total. The minimum atomic E-state index is -0.496. The van der Waals surface area contributed by atoms with Crippen LogP contribution >= 0.6 is 0 Å². The van der Waals surface area contributed by atoms with Crippen LogP contribution in [0.15, 0.2) is 205 Å². The lowest BCUT2D eigenvalue weighted by Crippen LogP contribution is -2.28. The lowest BCUT2D eigenvalue weighted by molar-refractivity contribution is 0.617. The van der Waals surface area contributed by atoms with Crippen molar-refractivity contribution in [3.63, 3.8) is 0 Å². The quantitative estimate of drug-likeness (QED) is 0.170. The molecule has 0 radical (unpaired) electrons. The third-order valence-electron chi connectivity index (χ3n) is 12.4. The zero-order chi connectivity index (χ0) is 37.4. The number of hydrogen-bond acceptors (Lipinski definition) is 2. The Balaban J connectivity index is 1.14. The maximum Gasteiger partial charge on any atom is 0.134 e. The van der Waals surface area contributed by atoms with Gasteiger partial charge in [0.05, 0.1) is 11.7 Å². The van der Waals surface area contributed by atoms with Gasteiger partial charge in [0, 0.05) is 33.4 Å². The van der Waals surface area contributed by atoms with Gasteiger partial charge in [-0.3, -0.25) is 0 Å². The van der Waals surface area contributed by atoms with Gasteiger partial charge in [-0.05, 0) is 104 Å². The minimum Gasteiger partial charge on any atom is -0.464 e. The van der Waals surface area contributed by atoms with Gasteiger partial charge in [-0.2, -0.15) is 0 Å². The molecule has 0 saturated carbocycles. The van der Waals surface area contributed by atoms with Gasteiger partial charge >= 0.3 is 0 Å². The molecule has 2 heteroatoms.